The first-order chi connectivity index (χ1) is 9.61. The number of carbonyl (C=O) groups excluding carboxylic acids is 1. The minimum atomic E-state index is -0.490. The van der Waals surface area contributed by atoms with Crippen molar-refractivity contribution < 1.29 is 13.9 Å². The van der Waals surface area contributed by atoms with Crippen molar-refractivity contribution in [1.82, 2.24) is 0 Å². The number of aryl methyl sites for hydroxylation is 1. The van der Waals surface area contributed by atoms with Crippen LogP contribution in [-0.2, 0) is 9.53 Å². The van der Waals surface area contributed by atoms with Crippen LogP contribution in [0.15, 0.2) is 47.1 Å². The molecule has 0 amide bonds. The van der Waals surface area contributed by atoms with Gasteiger partial charge in [-0.15, -0.1) is 11.3 Å². The van der Waals surface area contributed by atoms with Gasteiger partial charge in [0, 0.05) is 4.88 Å². The van der Waals surface area contributed by atoms with Crippen LogP contribution in [0.2, 0.25) is 0 Å². The van der Waals surface area contributed by atoms with E-state index in [2.05, 4.69) is 4.99 Å². The zero-order valence-corrected chi connectivity index (χ0v) is 11.4. The Balaban J connectivity index is 1.92. The van der Waals surface area contributed by atoms with E-state index < -0.39 is 5.97 Å². The van der Waals surface area contributed by atoms with Crippen LogP contribution >= 0.6 is 11.3 Å². The fourth-order valence-corrected chi connectivity index (χ4v) is 2.57. The Labute approximate surface area is 119 Å². The summed E-state index contributed by atoms with van der Waals surface area (Å²) in [4.78, 5) is 17.9. The molecule has 2 aromatic rings. The summed E-state index contributed by atoms with van der Waals surface area (Å²) in [6.45, 7) is 1.97. The summed E-state index contributed by atoms with van der Waals surface area (Å²) in [5, 5.41) is 0. The van der Waals surface area contributed by atoms with Crippen molar-refractivity contribution in [2.45, 2.75) is 6.92 Å². The molecule has 0 atom stereocenters. The molecule has 3 nitrogen and oxygen atoms in total. The van der Waals surface area contributed by atoms with Crippen molar-refractivity contribution in [2.75, 3.05) is 0 Å². The van der Waals surface area contributed by atoms with Crippen LogP contribution in [0.3, 0.4) is 0 Å². The number of rotatable bonds is 2. The fraction of sp³-hybridized carbons (Fsp3) is 0.0667. The smallest absolute Gasteiger partial charge is 0.363 e. The third-order valence-electron chi connectivity index (χ3n) is 2.75. The zero-order valence-electron chi connectivity index (χ0n) is 10.6. The highest BCUT2D eigenvalue weighted by atomic mass is 32.1. The summed E-state index contributed by atoms with van der Waals surface area (Å²) in [5.74, 6) is -0.490. The first kappa shape index (κ1) is 12.7. The maximum absolute atomic E-state index is 12.8. The summed E-state index contributed by atoms with van der Waals surface area (Å²) >= 11 is 1.51. The van der Waals surface area contributed by atoms with E-state index in [9.17, 15) is 9.18 Å². The summed E-state index contributed by atoms with van der Waals surface area (Å²) in [6.07, 6.45) is 1.58. The fourth-order valence-electron chi connectivity index (χ4n) is 1.78. The lowest BCUT2D eigenvalue weighted by Crippen LogP contribution is -2.03. The van der Waals surface area contributed by atoms with E-state index in [1.807, 2.05) is 19.1 Å². The van der Waals surface area contributed by atoms with Crippen LogP contribution in [0, 0.1) is 12.7 Å². The van der Waals surface area contributed by atoms with Gasteiger partial charge in [0.25, 0.3) is 0 Å². The van der Waals surface area contributed by atoms with Gasteiger partial charge in [-0.3, -0.25) is 0 Å². The molecule has 0 aliphatic carbocycles. The van der Waals surface area contributed by atoms with Crippen LogP contribution in [0.5, 0.6) is 0 Å². The summed E-state index contributed by atoms with van der Waals surface area (Å²) in [6, 6.07) is 9.64. The standard InChI is InChI=1S/C15H10FNO2S/c1-9-2-7-13(20-9)14-17-12(15(18)19-14)8-10-3-5-11(16)6-4-10/h2-8H,1H3. The molecular formula is C15H10FNO2S. The molecule has 3 rings (SSSR count). The lowest BCUT2D eigenvalue weighted by Gasteiger charge is -1.94. The van der Waals surface area contributed by atoms with Crippen LogP contribution in [-0.4, -0.2) is 11.9 Å². The second kappa shape index (κ2) is 5.02. The van der Waals surface area contributed by atoms with Crippen molar-refractivity contribution in [3.63, 3.8) is 0 Å². The molecule has 5 heteroatoms. The number of nitrogens with zero attached hydrogens (tertiary/aromatic N) is 1. The molecule has 0 saturated heterocycles. The Hall–Kier alpha value is -2.27. The predicted octanol–water partition coefficient (Wildman–Crippen LogP) is 3.54. The number of benzene rings is 1. The van der Waals surface area contributed by atoms with Gasteiger partial charge in [0.15, 0.2) is 5.70 Å². The first-order valence-corrected chi connectivity index (χ1v) is 6.78. The highest BCUT2D eigenvalue weighted by molar-refractivity contribution is 7.14. The molecule has 0 spiro atoms. The summed E-state index contributed by atoms with van der Waals surface area (Å²) < 4.78 is 18.0. The molecule has 0 bridgehead atoms. The molecule has 0 radical (unpaired) electrons. The maximum Gasteiger partial charge on any atom is 0.363 e. The Morgan fingerprint density at radius 2 is 1.95 bits per heavy atom. The quantitative estimate of drug-likeness (QED) is 0.626. The predicted molar refractivity (Wildman–Crippen MR) is 76.1 cm³/mol. The molecule has 1 aromatic heterocycles. The highest BCUT2D eigenvalue weighted by Gasteiger charge is 2.24. The summed E-state index contributed by atoms with van der Waals surface area (Å²) in [5.41, 5.74) is 0.920. The molecule has 0 N–H and O–H groups in total. The number of hydrogen-bond acceptors (Lipinski definition) is 4. The molecule has 1 aliphatic rings. The minimum absolute atomic E-state index is 0.220. The van der Waals surface area contributed by atoms with E-state index in [0.29, 0.717) is 11.5 Å². The normalized spacial score (nSPS) is 16.4. The van der Waals surface area contributed by atoms with Crippen molar-refractivity contribution >= 4 is 29.3 Å². The van der Waals surface area contributed by atoms with Gasteiger partial charge >= 0.3 is 5.97 Å². The monoisotopic (exact) mass is 287 g/mol. The lowest BCUT2D eigenvalue weighted by molar-refractivity contribution is -0.129. The molecule has 0 saturated carbocycles. The molecule has 1 aliphatic heterocycles. The molecular weight excluding hydrogens is 277 g/mol. The van der Waals surface area contributed by atoms with Gasteiger partial charge in [-0.25, -0.2) is 14.2 Å². The SMILES string of the molecule is Cc1ccc(C2=NC(=Cc3ccc(F)cc3)C(=O)O2)s1. The van der Waals surface area contributed by atoms with Crippen molar-refractivity contribution in [3.8, 4) is 0 Å². The Kier molecular flexibility index (Phi) is 3.20. The third-order valence-corrected chi connectivity index (χ3v) is 3.73. The van der Waals surface area contributed by atoms with Gasteiger partial charge in [0.2, 0.25) is 5.90 Å². The van der Waals surface area contributed by atoms with E-state index >= 15 is 0 Å². The topological polar surface area (TPSA) is 38.7 Å². The zero-order chi connectivity index (χ0) is 14.1. The average Bonchev–Trinajstić information content (AvgIpc) is 3.00. The largest absolute Gasteiger partial charge is 0.401 e. The minimum Gasteiger partial charge on any atom is -0.401 e. The van der Waals surface area contributed by atoms with Crippen molar-refractivity contribution in [1.29, 1.82) is 0 Å². The number of aliphatic imine (C=N–C) groups is 1. The average molecular weight is 287 g/mol. The number of cyclic esters (lactones) is 1. The van der Waals surface area contributed by atoms with Gasteiger partial charge in [-0.1, -0.05) is 12.1 Å². The molecule has 1 aromatic carbocycles. The molecule has 2 heterocycles. The second-order valence-corrected chi connectivity index (χ2v) is 5.59. The summed E-state index contributed by atoms with van der Waals surface area (Å²) in [7, 11) is 0. The Morgan fingerprint density at radius 1 is 1.20 bits per heavy atom. The first-order valence-electron chi connectivity index (χ1n) is 5.97. The van der Waals surface area contributed by atoms with Gasteiger partial charge in [-0.2, -0.15) is 0 Å². The van der Waals surface area contributed by atoms with Gasteiger partial charge < -0.3 is 4.74 Å². The Morgan fingerprint density at radius 3 is 2.60 bits per heavy atom. The van der Waals surface area contributed by atoms with Crippen molar-refractivity contribution in [2.24, 2.45) is 4.99 Å². The second-order valence-electron chi connectivity index (χ2n) is 4.30. The number of thiophene rings is 1. The van der Waals surface area contributed by atoms with Crippen molar-refractivity contribution in [3.05, 3.63) is 63.2 Å². The lowest BCUT2D eigenvalue weighted by atomic mass is 10.2. The van der Waals surface area contributed by atoms with Crippen LogP contribution in [0.4, 0.5) is 4.39 Å². The van der Waals surface area contributed by atoms with E-state index in [4.69, 9.17) is 4.74 Å². The van der Waals surface area contributed by atoms with E-state index in [0.717, 1.165) is 9.75 Å². The van der Waals surface area contributed by atoms with Crippen LogP contribution in [0.1, 0.15) is 15.3 Å². The van der Waals surface area contributed by atoms with Gasteiger partial charge in [0.05, 0.1) is 4.88 Å². The molecule has 20 heavy (non-hydrogen) atoms. The van der Waals surface area contributed by atoms with Crippen LogP contribution < -0.4 is 0 Å². The highest BCUT2D eigenvalue weighted by Crippen LogP contribution is 2.23. The molecule has 0 fully saturated rings. The number of ether oxygens (including phenoxy) is 1. The molecule has 0 unspecified atom stereocenters. The van der Waals surface area contributed by atoms with E-state index in [1.165, 1.54) is 23.5 Å². The van der Waals surface area contributed by atoms with E-state index in [1.54, 1.807) is 18.2 Å². The number of carbonyl (C=O) groups is 1. The van der Waals surface area contributed by atoms with E-state index in [-0.39, 0.29) is 11.5 Å². The number of esters is 1. The van der Waals surface area contributed by atoms with Crippen LogP contribution in [0.25, 0.3) is 6.08 Å². The number of halogens is 1. The third kappa shape index (κ3) is 2.53. The van der Waals surface area contributed by atoms with Gasteiger partial charge in [-0.05, 0) is 42.8 Å². The van der Waals surface area contributed by atoms with Gasteiger partial charge in [0.1, 0.15) is 5.82 Å². The molecule has 100 valence electrons. The maximum atomic E-state index is 12.8. The number of hydrogen-bond donors (Lipinski definition) is 0. The Bertz CT molecular complexity index is 729.